The molecule has 1 aromatic heterocycles. The van der Waals surface area contributed by atoms with Gasteiger partial charge in [-0.05, 0) is 31.7 Å². The second kappa shape index (κ2) is 7.40. The van der Waals surface area contributed by atoms with Crippen LogP contribution in [0.1, 0.15) is 30.6 Å². The highest BCUT2D eigenvalue weighted by atomic mass is 79.9. The number of nitrogens with one attached hydrogen (secondary N) is 1. The quantitative estimate of drug-likeness (QED) is 0.839. The van der Waals surface area contributed by atoms with Gasteiger partial charge in [0.25, 0.3) is 0 Å². The summed E-state index contributed by atoms with van der Waals surface area (Å²) in [5.41, 5.74) is 1.08. The van der Waals surface area contributed by atoms with Crippen LogP contribution >= 0.6 is 15.9 Å². The lowest BCUT2D eigenvalue weighted by atomic mass is 10.2. The van der Waals surface area contributed by atoms with Crippen molar-refractivity contribution in [1.29, 1.82) is 0 Å². The van der Waals surface area contributed by atoms with Crippen molar-refractivity contribution in [2.24, 2.45) is 0 Å². The number of hydrogen-bond acceptors (Lipinski definition) is 5. The van der Waals surface area contributed by atoms with Crippen molar-refractivity contribution in [2.75, 3.05) is 7.05 Å². The molecule has 1 N–H and O–H groups in total. The van der Waals surface area contributed by atoms with Crippen LogP contribution in [0.4, 0.5) is 0 Å². The molecular weight excluding hydrogens is 322 g/mol. The molecule has 108 valence electrons. The Kier molecular flexibility index (Phi) is 5.55. The highest BCUT2D eigenvalue weighted by molar-refractivity contribution is 9.10. The Bertz CT molecular complexity index is 557. The maximum Gasteiger partial charge on any atom is 0.226 e. The number of aromatic nitrogens is 2. The summed E-state index contributed by atoms with van der Waals surface area (Å²) in [6.07, 6.45) is 1.79. The van der Waals surface area contributed by atoms with E-state index in [0.29, 0.717) is 18.3 Å². The summed E-state index contributed by atoms with van der Waals surface area (Å²) in [7, 11) is 1.90. The van der Waals surface area contributed by atoms with Crippen molar-refractivity contribution < 1.29 is 9.26 Å². The van der Waals surface area contributed by atoms with Crippen LogP contribution in [0.5, 0.6) is 5.75 Å². The van der Waals surface area contributed by atoms with Crippen molar-refractivity contribution in [1.82, 2.24) is 15.5 Å². The number of hydrogen-bond donors (Lipinski definition) is 1. The lowest BCUT2D eigenvalue weighted by Gasteiger charge is -2.10. The van der Waals surface area contributed by atoms with Gasteiger partial charge < -0.3 is 14.6 Å². The topological polar surface area (TPSA) is 60.2 Å². The Morgan fingerprint density at radius 1 is 1.40 bits per heavy atom. The lowest BCUT2D eigenvalue weighted by Crippen LogP contribution is -2.08. The van der Waals surface area contributed by atoms with Crippen molar-refractivity contribution in [3.63, 3.8) is 0 Å². The van der Waals surface area contributed by atoms with Crippen LogP contribution in [-0.2, 0) is 19.6 Å². The third kappa shape index (κ3) is 4.05. The maximum absolute atomic E-state index is 5.78. The van der Waals surface area contributed by atoms with Gasteiger partial charge in [-0.25, -0.2) is 0 Å². The first-order valence-corrected chi connectivity index (χ1v) is 7.39. The summed E-state index contributed by atoms with van der Waals surface area (Å²) in [6, 6.07) is 5.92. The van der Waals surface area contributed by atoms with E-state index in [1.807, 2.05) is 25.2 Å². The van der Waals surface area contributed by atoms with Crippen molar-refractivity contribution >= 4 is 15.9 Å². The molecule has 0 saturated carbocycles. The predicted octanol–water partition coefficient (Wildman–Crippen LogP) is 3.08. The molecule has 0 spiro atoms. The molecule has 5 nitrogen and oxygen atoms in total. The molecule has 1 heterocycles. The minimum Gasteiger partial charge on any atom is -0.485 e. The zero-order chi connectivity index (χ0) is 14.4. The number of ether oxygens (including phenoxy) is 1. The second-order valence-electron chi connectivity index (χ2n) is 4.43. The Hall–Kier alpha value is -1.40. The molecule has 0 radical (unpaired) electrons. The molecule has 2 aromatic rings. The standard InChI is InChI=1S/C14H18BrN3O2/c1-3-4-14-17-13(18-20-14)9-19-12-6-5-11(15)7-10(12)8-16-2/h5-7,16H,3-4,8-9H2,1-2H3. The summed E-state index contributed by atoms with van der Waals surface area (Å²) in [6.45, 7) is 3.12. The highest BCUT2D eigenvalue weighted by Gasteiger charge is 2.08. The predicted molar refractivity (Wildman–Crippen MR) is 79.5 cm³/mol. The van der Waals surface area contributed by atoms with Gasteiger partial charge in [0.15, 0.2) is 6.61 Å². The van der Waals surface area contributed by atoms with Crippen LogP contribution in [0.3, 0.4) is 0 Å². The molecule has 0 saturated heterocycles. The summed E-state index contributed by atoms with van der Waals surface area (Å²) in [4.78, 5) is 4.28. The molecular formula is C14H18BrN3O2. The molecule has 0 amide bonds. The van der Waals surface area contributed by atoms with Crippen molar-refractivity contribution in [2.45, 2.75) is 32.9 Å². The fourth-order valence-corrected chi connectivity index (χ4v) is 2.23. The van der Waals surface area contributed by atoms with E-state index in [0.717, 1.165) is 35.2 Å². The van der Waals surface area contributed by atoms with Gasteiger partial charge in [-0.3, -0.25) is 0 Å². The van der Waals surface area contributed by atoms with Gasteiger partial charge in [-0.2, -0.15) is 4.98 Å². The molecule has 2 rings (SSSR count). The first-order chi connectivity index (χ1) is 9.72. The average molecular weight is 340 g/mol. The van der Waals surface area contributed by atoms with Crippen molar-refractivity contribution in [3.8, 4) is 5.75 Å². The Balaban J connectivity index is 2.02. The molecule has 0 aliphatic heterocycles. The van der Waals surface area contributed by atoms with E-state index in [1.165, 1.54) is 0 Å². The van der Waals surface area contributed by atoms with Crippen molar-refractivity contribution in [3.05, 3.63) is 40.0 Å². The normalized spacial score (nSPS) is 10.8. The molecule has 1 aromatic carbocycles. The van der Waals surface area contributed by atoms with E-state index < -0.39 is 0 Å². The fraction of sp³-hybridized carbons (Fsp3) is 0.429. The summed E-state index contributed by atoms with van der Waals surface area (Å²) < 4.78 is 11.9. The Morgan fingerprint density at radius 2 is 2.25 bits per heavy atom. The van der Waals surface area contributed by atoms with Gasteiger partial charge in [-0.15, -0.1) is 0 Å². The number of benzene rings is 1. The van der Waals surface area contributed by atoms with E-state index in [2.05, 4.69) is 38.3 Å². The van der Waals surface area contributed by atoms with Crippen LogP contribution in [0.15, 0.2) is 27.2 Å². The third-order valence-electron chi connectivity index (χ3n) is 2.72. The van der Waals surface area contributed by atoms with Gasteiger partial charge in [-0.1, -0.05) is 28.0 Å². The zero-order valence-corrected chi connectivity index (χ0v) is 13.2. The molecule has 20 heavy (non-hydrogen) atoms. The van der Waals surface area contributed by atoms with E-state index in [-0.39, 0.29) is 0 Å². The first kappa shape index (κ1) is 15.0. The van der Waals surface area contributed by atoms with Crippen LogP contribution in [0, 0.1) is 0 Å². The molecule has 6 heteroatoms. The van der Waals surface area contributed by atoms with E-state index in [1.54, 1.807) is 0 Å². The minimum absolute atomic E-state index is 0.311. The largest absolute Gasteiger partial charge is 0.485 e. The van der Waals surface area contributed by atoms with Gasteiger partial charge in [0.1, 0.15) is 5.75 Å². The van der Waals surface area contributed by atoms with Gasteiger partial charge in [0.05, 0.1) is 0 Å². The summed E-state index contributed by atoms with van der Waals surface area (Å²) >= 11 is 3.46. The zero-order valence-electron chi connectivity index (χ0n) is 11.6. The Morgan fingerprint density at radius 3 is 3.00 bits per heavy atom. The van der Waals surface area contributed by atoms with E-state index in [9.17, 15) is 0 Å². The summed E-state index contributed by atoms with van der Waals surface area (Å²) in [5, 5.41) is 7.03. The molecule has 0 fully saturated rings. The van der Waals surface area contributed by atoms with E-state index >= 15 is 0 Å². The number of aryl methyl sites for hydroxylation is 1. The Labute approximate surface area is 126 Å². The first-order valence-electron chi connectivity index (χ1n) is 6.60. The highest BCUT2D eigenvalue weighted by Crippen LogP contribution is 2.23. The van der Waals surface area contributed by atoms with Crippen LogP contribution in [-0.4, -0.2) is 17.2 Å². The maximum atomic E-state index is 5.78. The van der Waals surface area contributed by atoms with Gasteiger partial charge in [0.2, 0.25) is 11.7 Å². The average Bonchev–Trinajstić information content (AvgIpc) is 2.86. The molecule has 0 bridgehead atoms. The third-order valence-corrected chi connectivity index (χ3v) is 3.21. The monoisotopic (exact) mass is 339 g/mol. The molecule has 0 aliphatic carbocycles. The van der Waals surface area contributed by atoms with Crippen LogP contribution in [0.2, 0.25) is 0 Å². The lowest BCUT2D eigenvalue weighted by molar-refractivity contribution is 0.282. The van der Waals surface area contributed by atoms with Gasteiger partial charge >= 0.3 is 0 Å². The fourth-order valence-electron chi connectivity index (χ4n) is 1.82. The molecule has 0 atom stereocenters. The SMILES string of the molecule is CCCc1nc(COc2ccc(Br)cc2CNC)no1. The van der Waals surface area contributed by atoms with E-state index in [4.69, 9.17) is 9.26 Å². The molecule has 0 aliphatic rings. The number of nitrogens with zero attached hydrogens (tertiary/aromatic N) is 2. The summed E-state index contributed by atoms with van der Waals surface area (Å²) in [5.74, 6) is 2.06. The number of rotatable bonds is 7. The second-order valence-corrected chi connectivity index (χ2v) is 5.34. The van der Waals surface area contributed by atoms with Crippen LogP contribution in [0.25, 0.3) is 0 Å². The smallest absolute Gasteiger partial charge is 0.226 e. The minimum atomic E-state index is 0.311. The van der Waals surface area contributed by atoms with Gasteiger partial charge in [0, 0.05) is 23.0 Å². The number of halogens is 1. The van der Waals surface area contributed by atoms with Crippen LogP contribution < -0.4 is 10.1 Å². The molecule has 0 unspecified atom stereocenters.